The number of fused-ring (bicyclic) bond motifs is 1. The van der Waals surface area contributed by atoms with Crippen molar-refractivity contribution in [2.45, 2.75) is 12.5 Å². The van der Waals surface area contributed by atoms with Crippen LogP contribution in [-0.2, 0) is 18.3 Å². The molecule has 0 saturated heterocycles. The Morgan fingerprint density at radius 2 is 1.62 bits per heavy atom. The second kappa shape index (κ2) is 9.62. The first kappa shape index (κ1) is 23.8. The third-order valence-corrected chi connectivity index (χ3v) is 6.21. The standard InChI is InChI=1S/C28H24N4O5/c1-31(24(18-8-4-3-5-9-18)19-14-12-17(13-15-19)16-22(33)34)28-30-23(25(35)27(36)32(28)2)26-29-20-10-6-7-11-21(20)37-26/h3-15,24,35H,16H2,1-2H3,(H,33,34). The highest BCUT2D eigenvalue weighted by Gasteiger charge is 2.27. The Balaban J connectivity index is 1.63. The Bertz CT molecular complexity index is 1610. The summed E-state index contributed by atoms with van der Waals surface area (Å²) in [6.45, 7) is 0. The van der Waals surface area contributed by atoms with Crippen LogP contribution in [0.1, 0.15) is 22.7 Å². The van der Waals surface area contributed by atoms with Crippen LogP contribution in [0.25, 0.3) is 22.7 Å². The summed E-state index contributed by atoms with van der Waals surface area (Å²) in [5, 5.41) is 19.8. The zero-order chi connectivity index (χ0) is 26.1. The normalized spacial score (nSPS) is 11.9. The Hall–Kier alpha value is -4.92. The molecule has 0 bridgehead atoms. The van der Waals surface area contributed by atoms with Gasteiger partial charge >= 0.3 is 5.97 Å². The van der Waals surface area contributed by atoms with E-state index in [9.17, 15) is 14.7 Å². The van der Waals surface area contributed by atoms with E-state index in [4.69, 9.17) is 9.52 Å². The number of aliphatic carboxylic acids is 1. The number of oxazole rings is 1. The molecule has 0 aliphatic carbocycles. The van der Waals surface area contributed by atoms with Gasteiger partial charge in [0, 0.05) is 14.1 Å². The number of anilines is 1. The summed E-state index contributed by atoms with van der Waals surface area (Å²) in [6, 6.07) is 23.7. The molecular weight excluding hydrogens is 472 g/mol. The third-order valence-electron chi connectivity index (χ3n) is 6.21. The SMILES string of the molecule is CN(c1nc(-c2nc3ccccc3o2)c(O)c(=O)n1C)C(c1ccccc1)c1ccc(CC(=O)O)cc1. The van der Waals surface area contributed by atoms with Crippen LogP contribution in [0.5, 0.6) is 5.75 Å². The van der Waals surface area contributed by atoms with E-state index in [-0.39, 0.29) is 30.0 Å². The summed E-state index contributed by atoms with van der Waals surface area (Å²) in [6.07, 6.45) is -0.0754. The summed E-state index contributed by atoms with van der Waals surface area (Å²) in [5.41, 5.74) is 2.88. The zero-order valence-electron chi connectivity index (χ0n) is 20.2. The fraction of sp³-hybridized carbons (Fsp3) is 0.143. The predicted octanol–water partition coefficient (Wildman–Crippen LogP) is 4.15. The minimum atomic E-state index is -0.903. The lowest BCUT2D eigenvalue weighted by molar-refractivity contribution is -0.136. The largest absolute Gasteiger partial charge is 0.501 e. The van der Waals surface area contributed by atoms with E-state index in [1.165, 1.54) is 11.6 Å². The topological polar surface area (TPSA) is 122 Å². The molecule has 2 heterocycles. The van der Waals surface area contributed by atoms with Crippen molar-refractivity contribution < 1.29 is 19.4 Å². The Kier molecular flexibility index (Phi) is 6.19. The number of carbonyl (C=O) groups is 1. The van der Waals surface area contributed by atoms with E-state index >= 15 is 0 Å². The monoisotopic (exact) mass is 496 g/mol. The van der Waals surface area contributed by atoms with Crippen LogP contribution in [-0.4, -0.2) is 37.8 Å². The fourth-order valence-electron chi connectivity index (χ4n) is 4.40. The van der Waals surface area contributed by atoms with Crippen molar-refractivity contribution in [3.8, 4) is 17.3 Å². The maximum absolute atomic E-state index is 13.1. The van der Waals surface area contributed by atoms with Gasteiger partial charge in [-0.3, -0.25) is 14.2 Å². The first-order valence-electron chi connectivity index (χ1n) is 11.6. The summed E-state index contributed by atoms with van der Waals surface area (Å²) >= 11 is 0. The molecule has 0 fully saturated rings. The second-order valence-corrected chi connectivity index (χ2v) is 8.70. The van der Waals surface area contributed by atoms with Crippen molar-refractivity contribution in [1.29, 1.82) is 0 Å². The van der Waals surface area contributed by atoms with Crippen LogP contribution in [0.2, 0.25) is 0 Å². The van der Waals surface area contributed by atoms with Gasteiger partial charge in [0.2, 0.25) is 11.7 Å². The van der Waals surface area contributed by atoms with Crippen molar-refractivity contribution in [2.24, 2.45) is 7.05 Å². The summed E-state index contributed by atoms with van der Waals surface area (Å²) in [5.74, 6) is -1.14. The molecule has 0 saturated carbocycles. The van der Waals surface area contributed by atoms with Crippen molar-refractivity contribution in [1.82, 2.24) is 14.5 Å². The molecular formula is C28H24N4O5. The van der Waals surface area contributed by atoms with E-state index in [0.717, 1.165) is 11.1 Å². The van der Waals surface area contributed by atoms with Gasteiger partial charge in [-0.25, -0.2) is 9.97 Å². The smallest absolute Gasteiger partial charge is 0.307 e. The van der Waals surface area contributed by atoms with E-state index in [2.05, 4.69) is 9.97 Å². The molecule has 9 nitrogen and oxygen atoms in total. The van der Waals surface area contributed by atoms with Gasteiger partial charge in [0.05, 0.1) is 12.5 Å². The zero-order valence-corrected chi connectivity index (χ0v) is 20.2. The molecule has 5 rings (SSSR count). The van der Waals surface area contributed by atoms with Crippen LogP contribution in [0.15, 0.2) is 88.1 Å². The Labute approximate surface area is 211 Å². The molecule has 5 aromatic rings. The van der Waals surface area contributed by atoms with Gasteiger partial charge in [0.15, 0.2) is 11.3 Å². The van der Waals surface area contributed by atoms with Gasteiger partial charge in [0.25, 0.3) is 11.4 Å². The Morgan fingerprint density at radius 1 is 0.973 bits per heavy atom. The molecule has 9 heteroatoms. The molecule has 0 radical (unpaired) electrons. The molecule has 1 unspecified atom stereocenters. The number of benzene rings is 3. The second-order valence-electron chi connectivity index (χ2n) is 8.70. The molecule has 2 aromatic heterocycles. The van der Waals surface area contributed by atoms with Crippen LogP contribution < -0.4 is 10.5 Å². The molecule has 186 valence electrons. The van der Waals surface area contributed by atoms with Crippen molar-refractivity contribution >= 4 is 23.0 Å². The average Bonchev–Trinajstić information content (AvgIpc) is 3.33. The van der Waals surface area contributed by atoms with Gasteiger partial charge in [-0.05, 0) is 28.8 Å². The van der Waals surface area contributed by atoms with Crippen LogP contribution in [0.4, 0.5) is 5.95 Å². The number of aromatic nitrogens is 3. The molecule has 0 spiro atoms. The first-order valence-corrected chi connectivity index (χ1v) is 11.6. The predicted molar refractivity (Wildman–Crippen MR) is 139 cm³/mol. The fourth-order valence-corrected chi connectivity index (χ4v) is 4.40. The summed E-state index contributed by atoms with van der Waals surface area (Å²) in [4.78, 5) is 35.1. The van der Waals surface area contributed by atoms with E-state index < -0.39 is 17.3 Å². The summed E-state index contributed by atoms with van der Waals surface area (Å²) < 4.78 is 7.06. The van der Waals surface area contributed by atoms with Gasteiger partial charge in [0.1, 0.15) is 5.52 Å². The number of nitrogens with zero attached hydrogens (tertiary/aromatic N) is 4. The van der Waals surface area contributed by atoms with Crippen molar-refractivity contribution in [2.75, 3.05) is 11.9 Å². The molecule has 0 aliphatic rings. The van der Waals surface area contributed by atoms with Gasteiger partial charge in [-0.2, -0.15) is 0 Å². The van der Waals surface area contributed by atoms with Crippen LogP contribution in [0, 0.1) is 0 Å². The van der Waals surface area contributed by atoms with E-state index in [0.29, 0.717) is 16.7 Å². The summed E-state index contributed by atoms with van der Waals surface area (Å²) in [7, 11) is 3.34. The minimum Gasteiger partial charge on any atom is -0.501 e. The molecule has 0 aliphatic heterocycles. The van der Waals surface area contributed by atoms with Gasteiger partial charge in [-0.15, -0.1) is 0 Å². The lowest BCUT2D eigenvalue weighted by Gasteiger charge is -2.31. The lowest BCUT2D eigenvalue weighted by Crippen LogP contribution is -2.32. The highest BCUT2D eigenvalue weighted by molar-refractivity contribution is 5.76. The first-order chi connectivity index (χ1) is 17.8. The quantitative estimate of drug-likeness (QED) is 0.345. The van der Waals surface area contributed by atoms with Gasteiger partial charge in [-0.1, -0.05) is 66.7 Å². The number of hydrogen-bond acceptors (Lipinski definition) is 7. The maximum atomic E-state index is 13.1. The lowest BCUT2D eigenvalue weighted by atomic mass is 9.96. The Morgan fingerprint density at radius 3 is 2.30 bits per heavy atom. The average molecular weight is 497 g/mol. The molecule has 0 amide bonds. The van der Waals surface area contributed by atoms with Crippen molar-refractivity contribution in [3.63, 3.8) is 0 Å². The number of para-hydroxylation sites is 2. The highest BCUT2D eigenvalue weighted by Crippen LogP contribution is 2.34. The minimum absolute atomic E-state index is 0.0420. The molecule has 3 aromatic carbocycles. The van der Waals surface area contributed by atoms with Gasteiger partial charge < -0.3 is 19.5 Å². The molecule has 1 atom stereocenters. The van der Waals surface area contributed by atoms with E-state index in [1.54, 1.807) is 37.4 Å². The van der Waals surface area contributed by atoms with Crippen LogP contribution in [0.3, 0.4) is 0 Å². The molecule has 37 heavy (non-hydrogen) atoms. The third kappa shape index (κ3) is 4.54. The maximum Gasteiger partial charge on any atom is 0.307 e. The number of rotatable bonds is 7. The number of carboxylic acid groups (broad SMARTS) is 1. The van der Waals surface area contributed by atoms with E-state index in [1.807, 2.05) is 53.4 Å². The molecule has 2 N–H and O–H groups in total. The number of hydrogen-bond donors (Lipinski definition) is 2. The van der Waals surface area contributed by atoms with Crippen molar-refractivity contribution in [3.05, 3.63) is 106 Å². The highest BCUT2D eigenvalue weighted by atomic mass is 16.4. The number of carboxylic acids is 1. The van der Waals surface area contributed by atoms with Crippen LogP contribution >= 0.6 is 0 Å². The number of aromatic hydroxyl groups is 1.